The molecule has 0 aliphatic carbocycles. The molecule has 0 aliphatic rings. The Morgan fingerprint density at radius 3 is 2.65 bits per heavy atom. The van der Waals surface area contributed by atoms with Crippen molar-refractivity contribution >= 4 is 29.7 Å². The first-order valence-corrected chi connectivity index (χ1v) is 6.14. The topological polar surface area (TPSA) is 70.5 Å². The van der Waals surface area contributed by atoms with Crippen LogP contribution in [0.3, 0.4) is 0 Å². The van der Waals surface area contributed by atoms with Gasteiger partial charge in [0.25, 0.3) is 0 Å². The smallest absolute Gasteiger partial charge is 0.412 e. The lowest BCUT2D eigenvalue weighted by molar-refractivity contribution is 0.112. The zero-order valence-electron chi connectivity index (χ0n) is 10.4. The van der Waals surface area contributed by atoms with Gasteiger partial charge in [-0.2, -0.15) is 0 Å². The zero-order chi connectivity index (χ0) is 14.5. The standard InChI is InChI=1S/C14H11ClN2O3/c15-13-12(6-11(9-18)7-16-13)17(14(19)20)8-10-4-2-1-3-5-10/h1-7,9H,8H2,(H,19,20). The quantitative estimate of drug-likeness (QED) is 0.693. The van der Waals surface area contributed by atoms with Crippen molar-refractivity contribution in [2.75, 3.05) is 4.90 Å². The van der Waals surface area contributed by atoms with E-state index in [0.717, 1.165) is 10.5 Å². The van der Waals surface area contributed by atoms with Gasteiger partial charge < -0.3 is 5.11 Å². The molecule has 0 spiro atoms. The number of carbonyl (C=O) groups excluding carboxylic acids is 1. The molecule has 0 fully saturated rings. The van der Waals surface area contributed by atoms with Crippen LogP contribution in [0.4, 0.5) is 10.5 Å². The predicted molar refractivity (Wildman–Crippen MR) is 75.3 cm³/mol. The number of pyridine rings is 1. The number of aromatic nitrogens is 1. The number of benzene rings is 1. The lowest BCUT2D eigenvalue weighted by atomic mass is 10.2. The van der Waals surface area contributed by atoms with Gasteiger partial charge in [-0.1, -0.05) is 41.9 Å². The van der Waals surface area contributed by atoms with Crippen molar-refractivity contribution in [1.29, 1.82) is 0 Å². The number of rotatable bonds is 4. The van der Waals surface area contributed by atoms with Gasteiger partial charge in [0, 0.05) is 11.8 Å². The van der Waals surface area contributed by atoms with Crippen LogP contribution in [0.2, 0.25) is 5.15 Å². The van der Waals surface area contributed by atoms with Gasteiger partial charge in [0.2, 0.25) is 0 Å². The van der Waals surface area contributed by atoms with Crippen LogP contribution in [-0.4, -0.2) is 22.5 Å². The fourth-order valence-electron chi connectivity index (χ4n) is 1.73. The summed E-state index contributed by atoms with van der Waals surface area (Å²) in [7, 11) is 0. The van der Waals surface area contributed by atoms with Crippen LogP contribution in [0.1, 0.15) is 15.9 Å². The number of anilines is 1. The van der Waals surface area contributed by atoms with Crippen molar-refractivity contribution in [2.45, 2.75) is 6.54 Å². The van der Waals surface area contributed by atoms with Crippen LogP contribution < -0.4 is 4.90 Å². The predicted octanol–water partition coefficient (Wildman–Crippen LogP) is 3.23. The van der Waals surface area contributed by atoms with E-state index in [4.69, 9.17) is 11.6 Å². The van der Waals surface area contributed by atoms with Crippen LogP contribution in [0, 0.1) is 0 Å². The number of amides is 1. The maximum atomic E-state index is 11.4. The summed E-state index contributed by atoms with van der Waals surface area (Å²) in [6, 6.07) is 10.5. The summed E-state index contributed by atoms with van der Waals surface area (Å²) >= 11 is 5.93. The molecule has 6 heteroatoms. The third-order valence-corrected chi connectivity index (χ3v) is 2.97. The van der Waals surface area contributed by atoms with Crippen molar-refractivity contribution in [1.82, 2.24) is 4.98 Å². The van der Waals surface area contributed by atoms with Gasteiger partial charge in [0.15, 0.2) is 11.4 Å². The van der Waals surface area contributed by atoms with Gasteiger partial charge in [-0.25, -0.2) is 9.78 Å². The number of aldehydes is 1. The molecular weight excluding hydrogens is 280 g/mol. The normalized spacial score (nSPS) is 10.1. The molecule has 102 valence electrons. The molecule has 1 N–H and O–H groups in total. The van der Waals surface area contributed by atoms with Gasteiger partial charge in [-0.15, -0.1) is 0 Å². The van der Waals surface area contributed by atoms with Crippen LogP contribution in [0.5, 0.6) is 0 Å². The number of hydrogen-bond acceptors (Lipinski definition) is 3. The van der Waals surface area contributed by atoms with Crippen molar-refractivity contribution in [3.05, 3.63) is 58.9 Å². The average molecular weight is 291 g/mol. The highest BCUT2D eigenvalue weighted by Crippen LogP contribution is 2.26. The molecular formula is C14H11ClN2O3. The minimum Gasteiger partial charge on any atom is -0.465 e. The Bertz CT molecular complexity index is 632. The van der Waals surface area contributed by atoms with Crippen molar-refractivity contribution in [3.8, 4) is 0 Å². The summed E-state index contributed by atoms with van der Waals surface area (Å²) in [5, 5.41) is 9.36. The van der Waals surface area contributed by atoms with Crippen LogP contribution in [-0.2, 0) is 6.54 Å². The summed E-state index contributed by atoms with van der Waals surface area (Å²) in [5.41, 5.74) is 1.26. The summed E-state index contributed by atoms with van der Waals surface area (Å²) in [5.74, 6) is 0. The maximum absolute atomic E-state index is 11.4. The van der Waals surface area contributed by atoms with E-state index < -0.39 is 6.09 Å². The highest BCUT2D eigenvalue weighted by Gasteiger charge is 2.19. The third kappa shape index (κ3) is 3.13. The van der Waals surface area contributed by atoms with Crippen LogP contribution in [0.15, 0.2) is 42.6 Å². The second kappa shape index (κ2) is 6.16. The molecule has 0 atom stereocenters. The van der Waals surface area contributed by atoms with Crippen LogP contribution in [0.25, 0.3) is 0 Å². The molecule has 20 heavy (non-hydrogen) atoms. The highest BCUT2D eigenvalue weighted by atomic mass is 35.5. The number of nitrogens with zero attached hydrogens (tertiary/aromatic N) is 2. The molecule has 0 aliphatic heterocycles. The molecule has 5 nitrogen and oxygen atoms in total. The van der Waals surface area contributed by atoms with E-state index in [0.29, 0.717) is 6.29 Å². The Morgan fingerprint density at radius 1 is 1.35 bits per heavy atom. The van der Waals surface area contributed by atoms with E-state index in [9.17, 15) is 14.7 Å². The maximum Gasteiger partial charge on any atom is 0.412 e. The first-order chi connectivity index (χ1) is 9.61. The third-order valence-electron chi connectivity index (χ3n) is 2.68. The number of halogens is 1. The number of hydrogen-bond donors (Lipinski definition) is 1. The summed E-state index contributed by atoms with van der Waals surface area (Å²) in [4.78, 5) is 27.1. The van der Waals surface area contributed by atoms with E-state index in [2.05, 4.69) is 4.98 Å². The Kier molecular flexibility index (Phi) is 4.32. The molecule has 2 aromatic rings. The highest BCUT2D eigenvalue weighted by molar-refractivity contribution is 6.32. The molecule has 0 unspecified atom stereocenters. The van der Waals surface area contributed by atoms with Gasteiger partial charge in [0.05, 0.1) is 12.2 Å². The molecule has 1 aromatic carbocycles. The molecule has 1 heterocycles. The summed E-state index contributed by atoms with van der Waals surface area (Å²) in [6.45, 7) is 0.125. The Labute approximate surface area is 120 Å². The van der Waals surface area contributed by atoms with E-state index in [1.807, 2.05) is 18.2 Å². The number of carboxylic acid groups (broad SMARTS) is 1. The van der Waals surface area contributed by atoms with Gasteiger partial charge in [-0.3, -0.25) is 9.69 Å². The van der Waals surface area contributed by atoms with Crippen LogP contribution >= 0.6 is 11.6 Å². The SMILES string of the molecule is O=Cc1cnc(Cl)c(N(Cc2ccccc2)C(=O)O)c1. The molecule has 0 bridgehead atoms. The van der Waals surface area contributed by atoms with Crippen molar-refractivity contribution in [2.24, 2.45) is 0 Å². The first-order valence-electron chi connectivity index (χ1n) is 5.77. The monoisotopic (exact) mass is 290 g/mol. The lowest BCUT2D eigenvalue weighted by Crippen LogP contribution is -2.29. The molecule has 1 amide bonds. The fourth-order valence-corrected chi connectivity index (χ4v) is 1.93. The Balaban J connectivity index is 2.38. The van der Waals surface area contributed by atoms with Crippen molar-refractivity contribution in [3.63, 3.8) is 0 Å². The lowest BCUT2D eigenvalue weighted by Gasteiger charge is -2.20. The average Bonchev–Trinajstić information content (AvgIpc) is 2.46. The van der Waals surface area contributed by atoms with Crippen molar-refractivity contribution < 1.29 is 14.7 Å². The minimum atomic E-state index is -1.17. The summed E-state index contributed by atoms with van der Waals surface area (Å²) in [6.07, 6.45) is 0.720. The largest absolute Gasteiger partial charge is 0.465 e. The second-order valence-corrected chi connectivity index (χ2v) is 4.41. The van der Waals surface area contributed by atoms with E-state index >= 15 is 0 Å². The number of carbonyl (C=O) groups is 2. The Hall–Kier alpha value is -2.40. The van der Waals surface area contributed by atoms with E-state index in [-0.39, 0.29) is 22.9 Å². The Morgan fingerprint density at radius 2 is 2.05 bits per heavy atom. The van der Waals surface area contributed by atoms with Gasteiger partial charge in [0.1, 0.15) is 0 Å². The molecule has 0 radical (unpaired) electrons. The molecule has 2 rings (SSSR count). The van der Waals surface area contributed by atoms with Gasteiger partial charge >= 0.3 is 6.09 Å². The van der Waals surface area contributed by atoms with E-state index in [1.54, 1.807) is 12.1 Å². The molecule has 1 aromatic heterocycles. The minimum absolute atomic E-state index is 0.0360. The summed E-state index contributed by atoms with van der Waals surface area (Å²) < 4.78 is 0. The van der Waals surface area contributed by atoms with E-state index in [1.165, 1.54) is 12.3 Å². The molecule has 0 saturated heterocycles. The van der Waals surface area contributed by atoms with Gasteiger partial charge in [-0.05, 0) is 11.6 Å². The zero-order valence-corrected chi connectivity index (χ0v) is 11.1. The molecule has 0 saturated carbocycles. The fraction of sp³-hybridized carbons (Fsp3) is 0.0714. The second-order valence-electron chi connectivity index (χ2n) is 4.05. The first kappa shape index (κ1) is 14.0.